The van der Waals surface area contributed by atoms with Crippen molar-refractivity contribution in [2.75, 3.05) is 11.9 Å². The fourth-order valence-corrected chi connectivity index (χ4v) is 5.84. The molecule has 180 valence electrons. The molecule has 0 radical (unpaired) electrons. The summed E-state index contributed by atoms with van der Waals surface area (Å²) in [5.74, 6) is 1.35. The Morgan fingerprint density at radius 2 is 2.09 bits per heavy atom. The molecule has 2 aliphatic heterocycles. The van der Waals surface area contributed by atoms with E-state index in [1.807, 2.05) is 29.1 Å². The van der Waals surface area contributed by atoms with Gasteiger partial charge in [-0.1, -0.05) is 6.07 Å². The Kier molecular flexibility index (Phi) is 6.61. The molecule has 3 atom stereocenters. The molecule has 1 aromatic carbocycles. The number of amidine groups is 1. The summed E-state index contributed by atoms with van der Waals surface area (Å²) in [6, 6.07) is 9.54. The average Bonchev–Trinajstić information content (AvgIpc) is 3.43. The number of allylic oxidation sites excluding steroid dienone is 1. The first-order valence-corrected chi connectivity index (χ1v) is 12.8. The van der Waals surface area contributed by atoms with Crippen molar-refractivity contribution < 1.29 is 0 Å². The number of nitrogens with zero attached hydrogens (tertiary/aromatic N) is 6. The monoisotopic (exact) mass is 487 g/mol. The zero-order valence-electron chi connectivity index (χ0n) is 19.7. The van der Waals surface area contributed by atoms with Gasteiger partial charge in [0.15, 0.2) is 5.82 Å². The Morgan fingerprint density at radius 1 is 1.29 bits per heavy atom. The van der Waals surface area contributed by atoms with Crippen LogP contribution in [0.3, 0.4) is 0 Å². The summed E-state index contributed by atoms with van der Waals surface area (Å²) in [7, 11) is 0. The molecule has 5 rings (SSSR count). The molecule has 5 N–H and O–H groups in total. The third-order valence-corrected chi connectivity index (χ3v) is 7.30. The van der Waals surface area contributed by atoms with E-state index in [0.717, 1.165) is 41.5 Å². The molecule has 10 heteroatoms. The molecule has 0 saturated carbocycles. The van der Waals surface area contributed by atoms with Crippen LogP contribution >= 0.6 is 11.3 Å². The molecule has 1 unspecified atom stereocenters. The van der Waals surface area contributed by atoms with Crippen LogP contribution in [0.2, 0.25) is 0 Å². The lowest BCUT2D eigenvalue weighted by Gasteiger charge is -2.38. The number of piperidine rings is 1. The van der Waals surface area contributed by atoms with Gasteiger partial charge < -0.3 is 16.8 Å². The molecule has 2 aromatic heterocycles. The summed E-state index contributed by atoms with van der Waals surface area (Å²) in [4.78, 5) is 21.1. The molecule has 2 bridgehead atoms. The largest absolute Gasteiger partial charge is 0.402 e. The topological polar surface area (TPSA) is 142 Å². The van der Waals surface area contributed by atoms with Gasteiger partial charge in [0, 0.05) is 53.1 Å². The number of anilines is 1. The van der Waals surface area contributed by atoms with Gasteiger partial charge in [0.05, 0.1) is 22.8 Å². The number of hydrogen-bond donors (Lipinski definition) is 3. The van der Waals surface area contributed by atoms with Gasteiger partial charge in [0.25, 0.3) is 0 Å². The molecular weight excluding hydrogens is 458 g/mol. The average molecular weight is 488 g/mol. The van der Waals surface area contributed by atoms with E-state index >= 15 is 0 Å². The number of fused-ring (bicyclic) bond motifs is 3. The number of hydrogen-bond acceptors (Lipinski definition) is 9. The number of thiazole rings is 1. The highest BCUT2D eigenvalue weighted by Gasteiger charge is 2.40. The van der Waals surface area contributed by atoms with Crippen molar-refractivity contribution in [2.45, 2.75) is 57.2 Å². The zero-order chi connectivity index (χ0) is 24.4. The van der Waals surface area contributed by atoms with E-state index in [1.54, 1.807) is 24.3 Å². The SMILES string of the molecule is C/C(N)=C/C(N)=Nc1nc(NC2C[C@H]3CC[C@@H](C2)N3CCC#N)nc2cc(-c3cscn3)ccc12. The van der Waals surface area contributed by atoms with Crippen molar-refractivity contribution in [3.05, 3.63) is 40.9 Å². The molecule has 0 amide bonds. The molecule has 2 aliphatic rings. The van der Waals surface area contributed by atoms with Crippen molar-refractivity contribution in [1.82, 2.24) is 19.9 Å². The van der Waals surface area contributed by atoms with Gasteiger partial charge in [-0.05, 0) is 50.8 Å². The van der Waals surface area contributed by atoms with Crippen LogP contribution in [0.1, 0.15) is 39.0 Å². The summed E-state index contributed by atoms with van der Waals surface area (Å²) in [5, 5.41) is 15.4. The third kappa shape index (κ3) is 5.11. The molecular formula is C25H29N9S. The van der Waals surface area contributed by atoms with E-state index in [-0.39, 0.29) is 6.04 Å². The molecule has 3 aromatic rings. The number of nitriles is 1. The van der Waals surface area contributed by atoms with E-state index in [9.17, 15) is 0 Å². The smallest absolute Gasteiger partial charge is 0.225 e. The Bertz CT molecular complexity index is 1290. The van der Waals surface area contributed by atoms with Gasteiger partial charge in [0.1, 0.15) is 5.84 Å². The fraction of sp³-hybridized carbons (Fsp3) is 0.400. The minimum absolute atomic E-state index is 0.269. The van der Waals surface area contributed by atoms with Gasteiger partial charge in [-0.2, -0.15) is 10.2 Å². The second kappa shape index (κ2) is 9.98. The lowest BCUT2D eigenvalue weighted by atomic mass is 9.97. The Labute approximate surface area is 208 Å². The molecule has 4 heterocycles. The van der Waals surface area contributed by atoms with Crippen LogP contribution in [-0.4, -0.2) is 50.4 Å². The number of aromatic nitrogens is 3. The van der Waals surface area contributed by atoms with E-state index < -0.39 is 0 Å². The van der Waals surface area contributed by atoms with Crippen LogP contribution in [0.5, 0.6) is 0 Å². The molecule has 2 fully saturated rings. The van der Waals surface area contributed by atoms with E-state index in [2.05, 4.69) is 26.3 Å². The zero-order valence-corrected chi connectivity index (χ0v) is 20.5. The maximum Gasteiger partial charge on any atom is 0.225 e. The van der Waals surface area contributed by atoms with Crippen molar-refractivity contribution in [3.8, 4) is 17.3 Å². The lowest BCUT2D eigenvalue weighted by Crippen LogP contribution is -2.47. The first-order valence-electron chi connectivity index (χ1n) is 11.9. The highest BCUT2D eigenvalue weighted by atomic mass is 32.1. The Hall–Kier alpha value is -3.55. The molecule has 35 heavy (non-hydrogen) atoms. The minimum atomic E-state index is 0.269. The number of nitrogens with two attached hydrogens (primary N) is 2. The van der Waals surface area contributed by atoms with Crippen LogP contribution in [0.15, 0.2) is 45.9 Å². The number of nitrogens with one attached hydrogen (secondary N) is 1. The van der Waals surface area contributed by atoms with Gasteiger partial charge >= 0.3 is 0 Å². The second-order valence-corrected chi connectivity index (χ2v) is 9.96. The van der Waals surface area contributed by atoms with E-state index in [1.165, 1.54) is 12.8 Å². The van der Waals surface area contributed by atoms with Crippen LogP contribution in [-0.2, 0) is 0 Å². The maximum absolute atomic E-state index is 9.00. The van der Waals surface area contributed by atoms with Crippen molar-refractivity contribution in [1.29, 1.82) is 5.26 Å². The first kappa shape index (κ1) is 23.2. The van der Waals surface area contributed by atoms with Crippen LogP contribution in [0, 0.1) is 11.3 Å². The predicted molar refractivity (Wildman–Crippen MR) is 140 cm³/mol. The van der Waals surface area contributed by atoms with E-state index in [4.69, 9.17) is 26.7 Å². The summed E-state index contributed by atoms with van der Waals surface area (Å²) in [5.41, 5.74) is 17.0. The van der Waals surface area contributed by atoms with Crippen molar-refractivity contribution in [2.24, 2.45) is 16.5 Å². The highest BCUT2D eigenvalue weighted by molar-refractivity contribution is 7.07. The molecule has 0 aliphatic carbocycles. The quantitative estimate of drug-likeness (QED) is 0.336. The van der Waals surface area contributed by atoms with Crippen LogP contribution in [0.25, 0.3) is 22.2 Å². The standard InChI is InChI=1S/C25H29N9S/c1-15(27)9-23(28)32-24-20-6-3-16(22-13-35-14-29-22)10-21(20)31-25(33-24)30-17-11-18-4-5-19(12-17)34(18)8-2-7-26/h3,6,9-10,13-14,17-19H,2,4-5,8,11-12,27H2,1H3,(H3,28,30,31,32,33)/b15-9-/t17?,18-,19+. The summed E-state index contributed by atoms with van der Waals surface area (Å²) >= 11 is 1.56. The fourth-order valence-electron chi connectivity index (χ4n) is 5.28. The Balaban J connectivity index is 1.47. The first-order chi connectivity index (χ1) is 17.0. The predicted octanol–water partition coefficient (Wildman–Crippen LogP) is 3.93. The number of benzene rings is 1. The second-order valence-electron chi connectivity index (χ2n) is 9.25. The number of aliphatic imine (C=N–C) groups is 1. The lowest BCUT2D eigenvalue weighted by molar-refractivity contribution is 0.135. The van der Waals surface area contributed by atoms with E-state index in [0.29, 0.717) is 41.8 Å². The van der Waals surface area contributed by atoms with Gasteiger partial charge in [-0.15, -0.1) is 11.3 Å². The molecule has 2 saturated heterocycles. The maximum atomic E-state index is 9.00. The van der Waals surface area contributed by atoms with Crippen LogP contribution < -0.4 is 16.8 Å². The molecule has 0 spiro atoms. The van der Waals surface area contributed by atoms with Gasteiger partial charge in [0.2, 0.25) is 5.95 Å². The summed E-state index contributed by atoms with van der Waals surface area (Å²) < 4.78 is 0. The van der Waals surface area contributed by atoms with Gasteiger partial charge in [-0.3, -0.25) is 4.90 Å². The Morgan fingerprint density at radius 3 is 2.77 bits per heavy atom. The molecule has 9 nitrogen and oxygen atoms in total. The van der Waals surface area contributed by atoms with Crippen molar-refractivity contribution >= 4 is 39.8 Å². The summed E-state index contributed by atoms with van der Waals surface area (Å²) in [6.07, 6.45) is 6.59. The normalized spacial score (nSPS) is 22.9. The number of rotatable bonds is 7. The van der Waals surface area contributed by atoms with Crippen molar-refractivity contribution in [3.63, 3.8) is 0 Å². The highest BCUT2D eigenvalue weighted by Crippen LogP contribution is 2.37. The third-order valence-electron chi connectivity index (χ3n) is 6.71. The van der Waals surface area contributed by atoms with Gasteiger partial charge in [-0.25, -0.2) is 15.0 Å². The minimum Gasteiger partial charge on any atom is -0.402 e. The summed E-state index contributed by atoms with van der Waals surface area (Å²) in [6.45, 7) is 2.63. The van der Waals surface area contributed by atoms with Crippen LogP contribution in [0.4, 0.5) is 11.8 Å².